The van der Waals surface area contributed by atoms with Crippen molar-refractivity contribution in [1.82, 2.24) is 5.32 Å². The third-order valence-corrected chi connectivity index (χ3v) is 7.72. The Morgan fingerprint density at radius 3 is 2.34 bits per heavy atom. The lowest BCUT2D eigenvalue weighted by molar-refractivity contribution is -0.129. The van der Waals surface area contributed by atoms with Gasteiger partial charge in [0.1, 0.15) is 11.6 Å². The standard InChI is InChI=1S/C33H30BrFN2O4/c34-28-13-6-4-11-25(28)21-33(32(39)36-22-26-12-5-7-14-29(26)35)30(23-9-2-1-3-10-23)41-31(37-33)24-15-17-27(18-16-24)40-20-8-19-38/h1-7,9-18,30,38H,8,19-22H2,(H,36,39)/t30-,33-/m1/s1. The van der Waals surface area contributed by atoms with Crippen molar-refractivity contribution in [3.8, 4) is 5.75 Å². The van der Waals surface area contributed by atoms with E-state index in [2.05, 4.69) is 21.2 Å². The van der Waals surface area contributed by atoms with Crippen LogP contribution in [-0.2, 0) is 22.5 Å². The largest absolute Gasteiger partial charge is 0.494 e. The highest BCUT2D eigenvalue weighted by Crippen LogP contribution is 2.43. The molecule has 0 fully saturated rings. The van der Waals surface area contributed by atoms with Crippen molar-refractivity contribution >= 4 is 27.7 Å². The fraction of sp³-hybridized carbons (Fsp3) is 0.212. The van der Waals surface area contributed by atoms with Crippen molar-refractivity contribution in [2.24, 2.45) is 4.99 Å². The highest BCUT2D eigenvalue weighted by Gasteiger charge is 2.53. The average Bonchev–Trinajstić information content (AvgIpc) is 3.39. The Morgan fingerprint density at radius 2 is 1.63 bits per heavy atom. The van der Waals surface area contributed by atoms with Gasteiger partial charge in [-0.05, 0) is 47.5 Å². The fourth-order valence-electron chi connectivity index (χ4n) is 4.81. The van der Waals surface area contributed by atoms with E-state index in [0.717, 1.165) is 15.6 Å². The van der Waals surface area contributed by atoms with Gasteiger partial charge in [-0.25, -0.2) is 9.38 Å². The van der Waals surface area contributed by atoms with Crippen LogP contribution in [0.25, 0.3) is 0 Å². The number of nitrogens with zero attached hydrogens (tertiary/aromatic N) is 1. The molecule has 2 N–H and O–H groups in total. The molecule has 0 spiro atoms. The van der Waals surface area contributed by atoms with Gasteiger partial charge in [0.2, 0.25) is 5.90 Å². The molecular weight excluding hydrogens is 587 g/mol. The van der Waals surface area contributed by atoms with Crippen molar-refractivity contribution in [3.63, 3.8) is 0 Å². The summed E-state index contributed by atoms with van der Waals surface area (Å²) in [6.45, 7) is 0.471. The van der Waals surface area contributed by atoms with Crippen molar-refractivity contribution in [2.75, 3.05) is 13.2 Å². The molecule has 4 aromatic carbocycles. The van der Waals surface area contributed by atoms with Gasteiger partial charge >= 0.3 is 0 Å². The first-order chi connectivity index (χ1) is 20.0. The number of carbonyl (C=O) groups is 1. The number of aliphatic hydroxyl groups excluding tert-OH is 1. The second-order valence-electron chi connectivity index (χ2n) is 9.74. The van der Waals surface area contributed by atoms with Crippen molar-refractivity contribution in [3.05, 3.63) is 136 Å². The fourth-order valence-corrected chi connectivity index (χ4v) is 5.24. The Bertz CT molecular complexity index is 1510. The summed E-state index contributed by atoms with van der Waals surface area (Å²) < 4.78 is 27.5. The minimum absolute atomic E-state index is 0.00938. The zero-order valence-corrected chi connectivity index (χ0v) is 23.9. The number of hydrogen-bond donors (Lipinski definition) is 2. The number of aliphatic imine (C=N–C) groups is 1. The topological polar surface area (TPSA) is 80.2 Å². The lowest BCUT2D eigenvalue weighted by Gasteiger charge is -2.31. The number of halogens is 2. The van der Waals surface area contributed by atoms with E-state index >= 15 is 0 Å². The third kappa shape index (κ3) is 6.50. The van der Waals surface area contributed by atoms with E-state index in [-0.39, 0.29) is 31.3 Å². The quantitative estimate of drug-likeness (QED) is 0.198. The second-order valence-corrected chi connectivity index (χ2v) is 10.6. The van der Waals surface area contributed by atoms with Gasteiger partial charge in [-0.1, -0.05) is 82.7 Å². The summed E-state index contributed by atoms with van der Waals surface area (Å²) >= 11 is 3.63. The number of rotatable bonds is 11. The Morgan fingerprint density at radius 1 is 0.951 bits per heavy atom. The number of ether oxygens (including phenoxy) is 2. The van der Waals surface area contributed by atoms with E-state index in [9.17, 15) is 9.18 Å². The summed E-state index contributed by atoms with van der Waals surface area (Å²) in [4.78, 5) is 19.3. The number of nitrogens with one attached hydrogen (secondary N) is 1. The van der Waals surface area contributed by atoms with Crippen LogP contribution in [0.3, 0.4) is 0 Å². The maximum Gasteiger partial charge on any atom is 0.252 e. The highest BCUT2D eigenvalue weighted by molar-refractivity contribution is 9.10. The SMILES string of the molecule is O=C(NCc1ccccc1F)[C@]1(Cc2ccccc2Br)N=C(c2ccc(OCCCO)cc2)O[C@@H]1c1ccccc1. The number of amides is 1. The van der Waals surface area contributed by atoms with Gasteiger partial charge in [0.15, 0.2) is 11.6 Å². The number of hydrogen-bond acceptors (Lipinski definition) is 5. The molecule has 1 heterocycles. The summed E-state index contributed by atoms with van der Waals surface area (Å²) in [6.07, 6.45) is 0.0330. The van der Waals surface area contributed by atoms with E-state index in [4.69, 9.17) is 19.6 Å². The molecule has 0 bridgehead atoms. The molecular formula is C33H30BrFN2O4. The molecule has 0 unspecified atom stereocenters. The van der Waals surface area contributed by atoms with Gasteiger partial charge < -0.3 is 19.9 Å². The highest BCUT2D eigenvalue weighted by atomic mass is 79.9. The summed E-state index contributed by atoms with van der Waals surface area (Å²) in [5.74, 6) is 0.223. The van der Waals surface area contributed by atoms with Gasteiger partial charge in [-0.15, -0.1) is 0 Å². The van der Waals surface area contributed by atoms with E-state index in [1.807, 2.05) is 78.9 Å². The molecule has 41 heavy (non-hydrogen) atoms. The Labute approximate surface area is 247 Å². The van der Waals surface area contributed by atoms with Crippen LogP contribution < -0.4 is 10.1 Å². The molecule has 6 nitrogen and oxygen atoms in total. The zero-order chi connectivity index (χ0) is 28.7. The van der Waals surface area contributed by atoms with Crippen LogP contribution in [0.15, 0.2) is 113 Å². The summed E-state index contributed by atoms with van der Waals surface area (Å²) in [7, 11) is 0. The van der Waals surface area contributed by atoms with Crippen LogP contribution in [0, 0.1) is 5.82 Å². The van der Waals surface area contributed by atoms with Crippen LogP contribution >= 0.6 is 15.9 Å². The minimum atomic E-state index is -1.39. The molecule has 1 amide bonds. The number of benzene rings is 4. The van der Waals surface area contributed by atoms with Gasteiger partial charge in [0.05, 0.1) is 6.61 Å². The molecule has 8 heteroatoms. The van der Waals surface area contributed by atoms with Gasteiger partial charge in [0.25, 0.3) is 5.91 Å². The molecule has 0 aromatic heterocycles. The van der Waals surface area contributed by atoms with Crippen molar-refractivity contribution < 1.29 is 23.8 Å². The predicted octanol–water partition coefficient (Wildman–Crippen LogP) is 6.17. The molecule has 4 aromatic rings. The minimum Gasteiger partial charge on any atom is -0.494 e. The smallest absolute Gasteiger partial charge is 0.252 e. The monoisotopic (exact) mass is 616 g/mol. The normalized spacial score (nSPS) is 17.9. The maximum absolute atomic E-state index is 14.4. The Kier molecular flexibility index (Phi) is 9.11. The zero-order valence-electron chi connectivity index (χ0n) is 22.3. The lowest BCUT2D eigenvalue weighted by atomic mass is 9.82. The molecule has 1 aliphatic heterocycles. The molecule has 0 aliphatic carbocycles. The molecule has 2 atom stereocenters. The molecule has 1 aliphatic rings. The Balaban J connectivity index is 1.55. The van der Waals surface area contributed by atoms with Crippen LogP contribution in [-0.4, -0.2) is 35.7 Å². The van der Waals surface area contributed by atoms with Crippen LogP contribution in [0.2, 0.25) is 0 Å². The average molecular weight is 618 g/mol. The van der Waals surface area contributed by atoms with E-state index in [1.165, 1.54) is 6.07 Å². The van der Waals surface area contributed by atoms with Crippen LogP contribution in [0.5, 0.6) is 5.75 Å². The van der Waals surface area contributed by atoms with Crippen LogP contribution in [0.1, 0.15) is 34.8 Å². The van der Waals surface area contributed by atoms with Gasteiger partial charge in [-0.2, -0.15) is 0 Å². The number of aliphatic hydroxyl groups is 1. The second kappa shape index (κ2) is 13.1. The molecule has 0 saturated heterocycles. The molecule has 210 valence electrons. The lowest BCUT2D eigenvalue weighted by Crippen LogP contribution is -2.49. The molecule has 0 saturated carbocycles. The maximum atomic E-state index is 14.4. The van der Waals surface area contributed by atoms with E-state index < -0.39 is 11.6 Å². The predicted molar refractivity (Wildman–Crippen MR) is 159 cm³/mol. The number of carbonyl (C=O) groups excluding carboxylic acids is 1. The first kappa shape index (κ1) is 28.5. The van der Waals surface area contributed by atoms with E-state index in [1.54, 1.807) is 18.2 Å². The molecule has 0 radical (unpaired) electrons. The Hall–Kier alpha value is -4.01. The molecule has 5 rings (SSSR count). The summed E-state index contributed by atoms with van der Waals surface area (Å²) in [5, 5.41) is 12.0. The van der Waals surface area contributed by atoms with Crippen molar-refractivity contribution in [2.45, 2.75) is 31.0 Å². The summed E-state index contributed by atoms with van der Waals surface area (Å²) in [5.41, 5.74) is 1.37. The van der Waals surface area contributed by atoms with E-state index in [0.29, 0.717) is 35.8 Å². The first-order valence-corrected chi connectivity index (χ1v) is 14.2. The van der Waals surface area contributed by atoms with Gasteiger partial charge in [-0.3, -0.25) is 4.79 Å². The van der Waals surface area contributed by atoms with Crippen LogP contribution in [0.4, 0.5) is 4.39 Å². The first-order valence-electron chi connectivity index (χ1n) is 13.4. The van der Waals surface area contributed by atoms with Crippen molar-refractivity contribution in [1.29, 1.82) is 0 Å². The summed E-state index contributed by atoms with van der Waals surface area (Å²) in [6, 6.07) is 30.9. The third-order valence-electron chi connectivity index (χ3n) is 6.95. The van der Waals surface area contributed by atoms with Gasteiger partial charge in [0, 0.05) is 41.6 Å².